The van der Waals surface area contributed by atoms with Gasteiger partial charge in [0.15, 0.2) is 0 Å². The zero-order valence-corrected chi connectivity index (χ0v) is 12.6. The Balaban J connectivity index is 1.99. The standard InChI is InChI=1S/C14H23ClN4/c1-3-4-18-5-7-19(8-6-18)14-13(15)9-12(10-16-2)11-17-14/h9,11,16H,3-8,10H2,1-2H3. The number of anilines is 1. The number of aromatic nitrogens is 1. The average molecular weight is 283 g/mol. The average Bonchev–Trinajstić information content (AvgIpc) is 2.41. The maximum atomic E-state index is 6.35. The molecule has 0 amide bonds. The maximum absolute atomic E-state index is 6.35. The minimum atomic E-state index is 0.761. The van der Waals surface area contributed by atoms with Crippen LogP contribution in [-0.2, 0) is 6.54 Å². The van der Waals surface area contributed by atoms with E-state index in [0.29, 0.717) is 0 Å². The van der Waals surface area contributed by atoms with Crippen molar-refractivity contribution in [3.05, 3.63) is 22.8 Å². The summed E-state index contributed by atoms with van der Waals surface area (Å²) in [6.45, 7) is 8.45. The number of hydrogen-bond donors (Lipinski definition) is 1. The molecule has 0 spiro atoms. The molecule has 0 bridgehead atoms. The van der Waals surface area contributed by atoms with E-state index in [-0.39, 0.29) is 0 Å². The molecule has 1 aromatic heterocycles. The molecule has 1 aliphatic rings. The molecule has 0 aliphatic carbocycles. The van der Waals surface area contributed by atoms with E-state index >= 15 is 0 Å². The second kappa shape index (κ2) is 7.08. The van der Waals surface area contributed by atoms with Crippen LogP contribution in [0.15, 0.2) is 12.3 Å². The van der Waals surface area contributed by atoms with Gasteiger partial charge < -0.3 is 10.2 Å². The molecule has 2 heterocycles. The van der Waals surface area contributed by atoms with Gasteiger partial charge in [0, 0.05) is 38.9 Å². The lowest BCUT2D eigenvalue weighted by Crippen LogP contribution is -2.46. The third-order valence-corrected chi connectivity index (χ3v) is 3.75. The summed E-state index contributed by atoms with van der Waals surface area (Å²) in [6.07, 6.45) is 3.13. The second-order valence-electron chi connectivity index (χ2n) is 5.01. The van der Waals surface area contributed by atoms with E-state index in [4.69, 9.17) is 11.6 Å². The molecule has 2 rings (SSSR count). The summed E-state index contributed by atoms with van der Waals surface area (Å²) in [5.74, 6) is 0.928. The summed E-state index contributed by atoms with van der Waals surface area (Å²) in [5, 5.41) is 3.87. The van der Waals surface area contributed by atoms with Crippen LogP contribution in [0.4, 0.5) is 5.82 Å². The molecule has 4 nitrogen and oxygen atoms in total. The number of piperazine rings is 1. The van der Waals surface area contributed by atoms with Crippen molar-refractivity contribution in [1.29, 1.82) is 0 Å². The van der Waals surface area contributed by atoms with Gasteiger partial charge in [-0.3, -0.25) is 4.90 Å². The molecule has 1 fully saturated rings. The van der Waals surface area contributed by atoms with E-state index in [9.17, 15) is 0 Å². The van der Waals surface area contributed by atoms with Gasteiger partial charge in [0.1, 0.15) is 5.82 Å². The fourth-order valence-electron chi connectivity index (χ4n) is 2.50. The monoisotopic (exact) mass is 282 g/mol. The van der Waals surface area contributed by atoms with Crippen LogP contribution in [0, 0.1) is 0 Å². The third-order valence-electron chi connectivity index (χ3n) is 3.47. The first-order chi connectivity index (χ1) is 9.24. The van der Waals surface area contributed by atoms with Gasteiger partial charge >= 0.3 is 0 Å². The van der Waals surface area contributed by atoms with Crippen molar-refractivity contribution in [2.75, 3.05) is 44.7 Å². The highest BCUT2D eigenvalue weighted by atomic mass is 35.5. The molecule has 1 aromatic rings. The SMILES string of the molecule is CCCN1CCN(c2ncc(CNC)cc2Cl)CC1. The van der Waals surface area contributed by atoms with Crippen molar-refractivity contribution >= 4 is 17.4 Å². The maximum Gasteiger partial charge on any atom is 0.147 e. The third kappa shape index (κ3) is 3.81. The van der Waals surface area contributed by atoms with Crippen LogP contribution < -0.4 is 10.2 Å². The first kappa shape index (κ1) is 14.6. The molecule has 0 saturated carbocycles. The smallest absolute Gasteiger partial charge is 0.147 e. The van der Waals surface area contributed by atoms with E-state index < -0.39 is 0 Å². The molecule has 106 valence electrons. The van der Waals surface area contributed by atoms with Crippen LogP contribution in [-0.4, -0.2) is 49.7 Å². The quantitative estimate of drug-likeness (QED) is 0.895. The predicted molar refractivity (Wildman–Crippen MR) is 81.0 cm³/mol. The van der Waals surface area contributed by atoms with Gasteiger partial charge in [0.05, 0.1) is 5.02 Å². The molecular formula is C14H23ClN4. The van der Waals surface area contributed by atoms with Gasteiger partial charge in [-0.05, 0) is 31.6 Å². The van der Waals surface area contributed by atoms with Crippen LogP contribution in [0.25, 0.3) is 0 Å². The van der Waals surface area contributed by atoms with Gasteiger partial charge in [-0.15, -0.1) is 0 Å². The Kier molecular flexibility index (Phi) is 5.43. The topological polar surface area (TPSA) is 31.4 Å². The highest BCUT2D eigenvalue weighted by Gasteiger charge is 2.19. The van der Waals surface area contributed by atoms with Crippen molar-refractivity contribution in [3.63, 3.8) is 0 Å². The summed E-state index contributed by atoms with van der Waals surface area (Å²) < 4.78 is 0. The molecule has 0 atom stereocenters. The lowest BCUT2D eigenvalue weighted by atomic mass is 10.2. The van der Waals surface area contributed by atoms with Gasteiger partial charge in [-0.25, -0.2) is 4.98 Å². The molecule has 0 radical (unpaired) electrons. The summed E-state index contributed by atoms with van der Waals surface area (Å²) in [7, 11) is 1.93. The zero-order chi connectivity index (χ0) is 13.7. The van der Waals surface area contributed by atoms with E-state index in [1.54, 1.807) is 0 Å². The highest BCUT2D eigenvalue weighted by molar-refractivity contribution is 6.33. The zero-order valence-electron chi connectivity index (χ0n) is 11.8. The Hall–Kier alpha value is -0.840. The van der Waals surface area contributed by atoms with Crippen molar-refractivity contribution < 1.29 is 0 Å². The predicted octanol–water partition coefficient (Wildman–Crippen LogP) is 1.99. The summed E-state index contributed by atoms with van der Waals surface area (Å²) in [4.78, 5) is 9.32. The largest absolute Gasteiger partial charge is 0.353 e. The van der Waals surface area contributed by atoms with Crippen molar-refractivity contribution in [2.24, 2.45) is 0 Å². The van der Waals surface area contributed by atoms with Gasteiger partial charge in [-0.2, -0.15) is 0 Å². The van der Waals surface area contributed by atoms with E-state index in [1.165, 1.54) is 13.0 Å². The lowest BCUT2D eigenvalue weighted by Gasteiger charge is -2.35. The highest BCUT2D eigenvalue weighted by Crippen LogP contribution is 2.25. The van der Waals surface area contributed by atoms with Crippen LogP contribution in [0.1, 0.15) is 18.9 Å². The Bertz CT molecular complexity index is 402. The molecule has 1 saturated heterocycles. The molecule has 19 heavy (non-hydrogen) atoms. The summed E-state index contributed by atoms with van der Waals surface area (Å²) >= 11 is 6.35. The molecular weight excluding hydrogens is 260 g/mol. The first-order valence-corrected chi connectivity index (χ1v) is 7.38. The molecule has 0 aromatic carbocycles. The number of hydrogen-bond acceptors (Lipinski definition) is 4. The van der Waals surface area contributed by atoms with Crippen molar-refractivity contribution in [3.8, 4) is 0 Å². The molecule has 5 heteroatoms. The minimum absolute atomic E-state index is 0.761. The normalized spacial score (nSPS) is 16.9. The van der Waals surface area contributed by atoms with Gasteiger partial charge in [0.2, 0.25) is 0 Å². The van der Waals surface area contributed by atoms with Crippen molar-refractivity contribution in [1.82, 2.24) is 15.2 Å². The van der Waals surface area contributed by atoms with E-state index in [0.717, 1.165) is 49.1 Å². The van der Waals surface area contributed by atoms with Crippen LogP contribution in [0.3, 0.4) is 0 Å². The molecule has 1 aliphatic heterocycles. The fourth-order valence-corrected chi connectivity index (χ4v) is 2.81. The summed E-state index contributed by atoms with van der Waals surface area (Å²) in [5.41, 5.74) is 1.13. The fraction of sp³-hybridized carbons (Fsp3) is 0.643. The number of pyridine rings is 1. The lowest BCUT2D eigenvalue weighted by molar-refractivity contribution is 0.258. The van der Waals surface area contributed by atoms with Gasteiger partial charge in [0.25, 0.3) is 0 Å². The number of nitrogens with one attached hydrogen (secondary N) is 1. The Morgan fingerprint density at radius 2 is 2.05 bits per heavy atom. The summed E-state index contributed by atoms with van der Waals surface area (Å²) in [6, 6.07) is 2.01. The molecule has 0 unspecified atom stereocenters. The number of nitrogens with zero attached hydrogens (tertiary/aromatic N) is 3. The van der Waals surface area contributed by atoms with Crippen molar-refractivity contribution in [2.45, 2.75) is 19.9 Å². The minimum Gasteiger partial charge on any atom is -0.353 e. The Morgan fingerprint density at radius 3 is 2.63 bits per heavy atom. The van der Waals surface area contributed by atoms with E-state index in [1.807, 2.05) is 19.3 Å². The van der Waals surface area contributed by atoms with E-state index in [2.05, 4.69) is 27.0 Å². The van der Waals surface area contributed by atoms with Crippen LogP contribution in [0.2, 0.25) is 5.02 Å². The Morgan fingerprint density at radius 1 is 1.32 bits per heavy atom. The second-order valence-corrected chi connectivity index (χ2v) is 5.42. The Labute approximate surface area is 120 Å². The number of halogens is 1. The molecule has 1 N–H and O–H groups in total. The van der Waals surface area contributed by atoms with Gasteiger partial charge in [-0.1, -0.05) is 18.5 Å². The van der Waals surface area contributed by atoms with Crippen LogP contribution >= 0.6 is 11.6 Å². The van der Waals surface area contributed by atoms with Crippen LogP contribution in [0.5, 0.6) is 0 Å². The number of rotatable bonds is 5. The first-order valence-electron chi connectivity index (χ1n) is 7.01.